The second kappa shape index (κ2) is 8.53. The van der Waals surface area contributed by atoms with E-state index in [4.69, 9.17) is 25.8 Å². The minimum absolute atomic E-state index is 0.0406. The highest BCUT2D eigenvalue weighted by Crippen LogP contribution is 2.32. The highest BCUT2D eigenvalue weighted by Gasteiger charge is 2.21. The number of hydrogen-bond donors (Lipinski definition) is 1. The number of ether oxygens (including phenoxy) is 3. The van der Waals surface area contributed by atoms with Crippen LogP contribution in [0.15, 0.2) is 29.6 Å². The van der Waals surface area contributed by atoms with E-state index in [9.17, 15) is 9.59 Å². The Hall–Kier alpha value is -2.09. The SMILES string of the molecule is CC(=O)NC(CC(=O)OCc1cc(Cl)cc2c1OCOC2)c1cccs1. The zero-order valence-corrected chi connectivity index (χ0v) is 15.7. The lowest BCUT2D eigenvalue weighted by Crippen LogP contribution is -2.28. The number of fused-ring (bicyclic) bond motifs is 1. The third-order valence-electron chi connectivity index (χ3n) is 3.78. The lowest BCUT2D eigenvalue weighted by molar-refractivity contribution is -0.145. The first-order valence-corrected chi connectivity index (χ1v) is 9.26. The normalized spacial score (nSPS) is 14.1. The molecule has 1 unspecified atom stereocenters. The number of thiophene rings is 1. The predicted octanol–water partition coefficient (Wildman–Crippen LogP) is 3.58. The number of amides is 1. The van der Waals surface area contributed by atoms with Crippen molar-refractivity contribution in [1.82, 2.24) is 5.32 Å². The molecular formula is C18H18ClNO5S. The molecule has 138 valence electrons. The van der Waals surface area contributed by atoms with Gasteiger partial charge in [0.05, 0.1) is 19.1 Å². The number of hydrogen-bond acceptors (Lipinski definition) is 6. The Kier molecular flexibility index (Phi) is 6.13. The third kappa shape index (κ3) is 4.75. The molecule has 1 aromatic carbocycles. The van der Waals surface area contributed by atoms with Gasteiger partial charge in [-0.1, -0.05) is 17.7 Å². The molecule has 2 heterocycles. The summed E-state index contributed by atoms with van der Waals surface area (Å²) in [5.74, 6) is 0.0246. The molecule has 8 heteroatoms. The summed E-state index contributed by atoms with van der Waals surface area (Å²) in [4.78, 5) is 24.6. The average Bonchev–Trinajstić information content (AvgIpc) is 3.13. The molecule has 0 aliphatic carbocycles. The summed E-state index contributed by atoms with van der Waals surface area (Å²) >= 11 is 7.58. The monoisotopic (exact) mass is 395 g/mol. The zero-order valence-electron chi connectivity index (χ0n) is 14.1. The van der Waals surface area contributed by atoms with Crippen molar-refractivity contribution in [1.29, 1.82) is 0 Å². The Morgan fingerprint density at radius 2 is 2.27 bits per heavy atom. The molecule has 1 aliphatic heterocycles. The van der Waals surface area contributed by atoms with Crippen molar-refractivity contribution < 1.29 is 23.8 Å². The van der Waals surface area contributed by atoms with E-state index in [-0.39, 0.29) is 25.7 Å². The summed E-state index contributed by atoms with van der Waals surface area (Å²) < 4.78 is 16.1. The van der Waals surface area contributed by atoms with Gasteiger partial charge < -0.3 is 19.5 Å². The molecule has 3 rings (SSSR count). The van der Waals surface area contributed by atoms with Crippen LogP contribution in [0, 0.1) is 0 Å². The number of carbonyl (C=O) groups excluding carboxylic acids is 2. The number of nitrogens with one attached hydrogen (secondary N) is 1. The topological polar surface area (TPSA) is 73.9 Å². The molecule has 6 nitrogen and oxygen atoms in total. The van der Waals surface area contributed by atoms with E-state index in [1.54, 1.807) is 12.1 Å². The van der Waals surface area contributed by atoms with Crippen molar-refractivity contribution in [3.63, 3.8) is 0 Å². The third-order valence-corrected chi connectivity index (χ3v) is 4.98. The highest BCUT2D eigenvalue weighted by atomic mass is 35.5. The van der Waals surface area contributed by atoms with Gasteiger partial charge in [0, 0.05) is 28.0 Å². The quantitative estimate of drug-likeness (QED) is 0.757. The first kappa shape index (κ1) is 18.7. The maximum Gasteiger partial charge on any atom is 0.308 e. The summed E-state index contributed by atoms with van der Waals surface area (Å²) in [6.45, 7) is 2.01. The highest BCUT2D eigenvalue weighted by molar-refractivity contribution is 7.10. The largest absolute Gasteiger partial charge is 0.467 e. The van der Waals surface area contributed by atoms with Crippen LogP contribution < -0.4 is 10.1 Å². The molecule has 1 aliphatic rings. The molecule has 0 saturated heterocycles. The second-order valence-corrected chi connectivity index (χ2v) is 7.21. The summed E-state index contributed by atoms with van der Waals surface area (Å²) in [6.07, 6.45) is 0.0484. The van der Waals surface area contributed by atoms with Crippen LogP contribution in [0.2, 0.25) is 5.02 Å². The maximum atomic E-state index is 12.3. The molecule has 26 heavy (non-hydrogen) atoms. The standard InChI is InChI=1S/C18H18ClNO5S/c1-11(21)20-15(16-3-2-4-26-16)7-17(22)24-9-13-6-14(19)5-12-8-23-10-25-18(12)13/h2-6,15H,7-10H2,1H3,(H,20,21). The van der Waals surface area contributed by atoms with E-state index >= 15 is 0 Å². The fourth-order valence-corrected chi connectivity index (χ4v) is 3.75. The zero-order chi connectivity index (χ0) is 18.5. The van der Waals surface area contributed by atoms with Gasteiger partial charge in [0.25, 0.3) is 0 Å². The molecule has 1 atom stereocenters. The van der Waals surface area contributed by atoms with Crippen molar-refractivity contribution in [2.75, 3.05) is 6.79 Å². The van der Waals surface area contributed by atoms with Crippen molar-refractivity contribution in [2.24, 2.45) is 0 Å². The molecule has 1 N–H and O–H groups in total. The summed E-state index contributed by atoms with van der Waals surface area (Å²) in [5, 5.41) is 5.20. The van der Waals surface area contributed by atoms with Crippen LogP contribution in [-0.2, 0) is 32.3 Å². The van der Waals surface area contributed by atoms with Crippen molar-refractivity contribution in [2.45, 2.75) is 32.6 Å². The van der Waals surface area contributed by atoms with Crippen molar-refractivity contribution in [3.05, 3.63) is 50.7 Å². The molecule has 0 fully saturated rings. The fourth-order valence-electron chi connectivity index (χ4n) is 2.71. The van der Waals surface area contributed by atoms with Gasteiger partial charge >= 0.3 is 5.97 Å². The Morgan fingerprint density at radius 1 is 1.42 bits per heavy atom. The Labute approximate surface area is 160 Å². The van der Waals surface area contributed by atoms with Crippen LogP contribution in [-0.4, -0.2) is 18.7 Å². The van der Waals surface area contributed by atoms with Crippen molar-refractivity contribution >= 4 is 34.8 Å². The van der Waals surface area contributed by atoms with Crippen LogP contribution >= 0.6 is 22.9 Å². The smallest absolute Gasteiger partial charge is 0.308 e. The van der Waals surface area contributed by atoms with Gasteiger partial charge in [0.2, 0.25) is 5.91 Å². The number of carbonyl (C=O) groups is 2. The lowest BCUT2D eigenvalue weighted by Gasteiger charge is -2.21. The lowest BCUT2D eigenvalue weighted by atomic mass is 10.1. The van der Waals surface area contributed by atoms with Gasteiger partial charge in [-0.05, 0) is 23.6 Å². The number of halogens is 1. The van der Waals surface area contributed by atoms with Gasteiger partial charge in [-0.2, -0.15) is 0 Å². The Balaban J connectivity index is 1.65. The molecule has 0 saturated carbocycles. The minimum atomic E-state index is -0.419. The average molecular weight is 396 g/mol. The van der Waals surface area contributed by atoms with E-state index < -0.39 is 12.0 Å². The van der Waals surface area contributed by atoms with Gasteiger partial charge in [-0.25, -0.2) is 0 Å². The molecule has 1 aromatic heterocycles. The van der Waals surface area contributed by atoms with Crippen LogP contribution in [0.5, 0.6) is 5.75 Å². The van der Waals surface area contributed by atoms with E-state index in [1.165, 1.54) is 18.3 Å². The molecule has 2 aromatic rings. The van der Waals surface area contributed by atoms with E-state index in [1.807, 2.05) is 17.5 Å². The predicted molar refractivity (Wildman–Crippen MR) is 97.0 cm³/mol. The minimum Gasteiger partial charge on any atom is -0.467 e. The number of rotatable bonds is 6. The van der Waals surface area contributed by atoms with Crippen LogP contribution in [0.4, 0.5) is 0 Å². The van der Waals surface area contributed by atoms with Gasteiger partial charge in [0.15, 0.2) is 6.79 Å². The first-order chi connectivity index (χ1) is 12.5. The van der Waals surface area contributed by atoms with Crippen LogP contribution in [0.25, 0.3) is 0 Å². The maximum absolute atomic E-state index is 12.3. The molecule has 0 radical (unpaired) electrons. The van der Waals surface area contributed by atoms with Crippen LogP contribution in [0.3, 0.4) is 0 Å². The molecular weight excluding hydrogens is 378 g/mol. The van der Waals surface area contributed by atoms with Gasteiger partial charge in [-0.3, -0.25) is 9.59 Å². The number of esters is 1. The van der Waals surface area contributed by atoms with Gasteiger partial charge in [-0.15, -0.1) is 11.3 Å². The van der Waals surface area contributed by atoms with Crippen molar-refractivity contribution in [3.8, 4) is 5.75 Å². The fraction of sp³-hybridized carbons (Fsp3) is 0.333. The van der Waals surface area contributed by atoms with E-state index in [0.29, 0.717) is 22.9 Å². The molecule has 0 bridgehead atoms. The van der Waals surface area contributed by atoms with Gasteiger partial charge in [0.1, 0.15) is 12.4 Å². The van der Waals surface area contributed by atoms with Crippen LogP contribution in [0.1, 0.15) is 35.4 Å². The summed E-state index contributed by atoms with van der Waals surface area (Å²) in [5.41, 5.74) is 1.51. The molecule has 0 spiro atoms. The number of benzene rings is 1. The van der Waals surface area contributed by atoms with E-state index in [0.717, 1.165) is 10.4 Å². The second-order valence-electron chi connectivity index (χ2n) is 5.80. The summed E-state index contributed by atoms with van der Waals surface area (Å²) in [6, 6.07) is 6.82. The Bertz CT molecular complexity index is 793. The van der Waals surface area contributed by atoms with E-state index in [2.05, 4.69) is 5.32 Å². The molecule has 1 amide bonds. The Morgan fingerprint density at radius 3 is 3.00 bits per heavy atom. The summed E-state index contributed by atoms with van der Waals surface area (Å²) in [7, 11) is 0. The first-order valence-electron chi connectivity index (χ1n) is 8.01.